The Labute approximate surface area is 94.1 Å². The van der Waals surface area contributed by atoms with Crippen molar-refractivity contribution >= 4 is 0 Å². The van der Waals surface area contributed by atoms with Crippen molar-refractivity contribution in [2.24, 2.45) is 10.5 Å². The lowest BCUT2D eigenvalue weighted by atomic mass is 9.75. The van der Waals surface area contributed by atoms with Crippen LogP contribution in [0.3, 0.4) is 0 Å². The zero-order valence-electron chi connectivity index (χ0n) is 11.2. The van der Waals surface area contributed by atoms with Gasteiger partial charge in [-0.05, 0) is 25.7 Å². The highest BCUT2D eigenvalue weighted by molar-refractivity contribution is 5.02. The van der Waals surface area contributed by atoms with Crippen LogP contribution in [0.1, 0.15) is 48.0 Å². The second-order valence-corrected chi connectivity index (χ2v) is 5.51. The minimum absolute atomic E-state index is 0.0398. The van der Waals surface area contributed by atoms with Crippen molar-refractivity contribution in [1.29, 1.82) is 5.53 Å². The Balaban J connectivity index is 4.93. The first-order chi connectivity index (χ1) is 6.66. The summed E-state index contributed by atoms with van der Waals surface area (Å²) in [5, 5.41) is 3.51. The van der Waals surface area contributed by atoms with E-state index in [-0.39, 0.29) is 11.0 Å². The summed E-state index contributed by atoms with van der Waals surface area (Å²) < 4.78 is 0. The van der Waals surface area contributed by atoms with Gasteiger partial charge in [-0.25, -0.2) is 5.53 Å². The van der Waals surface area contributed by atoms with Gasteiger partial charge in [0.1, 0.15) is 0 Å². The highest BCUT2D eigenvalue weighted by Gasteiger charge is 2.35. The summed E-state index contributed by atoms with van der Waals surface area (Å²) in [6.07, 6.45) is 2.77. The molecule has 0 aromatic heterocycles. The third-order valence-corrected chi connectivity index (χ3v) is 3.57. The number of rotatable bonds is 4. The minimum atomic E-state index is 0.0398. The van der Waals surface area contributed by atoms with Crippen molar-refractivity contribution in [2.75, 3.05) is 7.05 Å². The van der Waals surface area contributed by atoms with Crippen LogP contribution in [0, 0.1) is 10.9 Å². The van der Waals surface area contributed by atoms with Crippen molar-refractivity contribution in [3.8, 4) is 0 Å². The Morgan fingerprint density at radius 2 is 1.73 bits per heavy atom. The van der Waals surface area contributed by atoms with Gasteiger partial charge >= 0.3 is 0 Å². The van der Waals surface area contributed by atoms with Crippen molar-refractivity contribution in [3.63, 3.8) is 0 Å². The van der Waals surface area contributed by atoms with E-state index in [1.807, 2.05) is 20.2 Å². The Bertz CT molecular complexity index is 246. The first kappa shape index (κ1) is 14.1. The molecule has 0 radical (unpaired) electrons. The monoisotopic (exact) mass is 211 g/mol. The number of nitrogens with zero attached hydrogens (tertiary/aromatic N) is 2. The number of allylic oxidation sites excluding steroid dienone is 1. The predicted octanol–water partition coefficient (Wildman–Crippen LogP) is 4.03. The average molecular weight is 211 g/mol. The molecule has 0 unspecified atom stereocenters. The highest BCUT2D eigenvalue weighted by atomic mass is 15.2. The second-order valence-electron chi connectivity index (χ2n) is 5.51. The molecule has 0 fully saturated rings. The van der Waals surface area contributed by atoms with Crippen LogP contribution >= 0.6 is 0 Å². The first-order valence-electron chi connectivity index (χ1n) is 5.48. The Morgan fingerprint density at radius 3 is 2.00 bits per heavy atom. The van der Waals surface area contributed by atoms with Crippen LogP contribution < -0.4 is 0 Å². The fourth-order valence-electron chi connectivity index (χ4n) is 1.11. The third kappa shape index (κ3) is 3.33. The normalized spacial score (nSPS) is 13.9. The van der Waals surface area contributed by atoms with Crippen molar-refractivity contribution in [3.05, 3.63) is 11.9 Å². The molecule has 0 amide bonds. The quantitative estimate of drug-likeness (QED) is 0.701. The molecule has 0 aliphatic rings. The van der Waals surface area contributed by atoms with E-state index < -0.39 is 0 Å². The minimum Gasteiger partial charge on any atom is -0.373 e. The van der Waals surface area contributed by atoms with E-state index >= 15 is 0 Å². The summed E-state index contributed by atoms with van der Waals surface area (Å²) in [5.41, 5.74) is 8.08. The smallest absolute Gasteiger partial charge is 0.0779 e. The molecule has 88 valence electrons. The molecule has 0 aliphatic heterocycles. The number of hydrogen-bond donors (Lipinski definition) is 1. The lowest BCUT2D eigenvalue weighted by molar-refractivity contribution is 0.0809. The van der Waals surface area contributed by atoms with E-state index in [0.29, 0.717) is 0 Å². The zero-order chi connectivity index (χ0) is 12.3. The van der Waals surface area contributed by atoms with Gasteiger partial charge in [-0.15, -0.1) is 0 Å². The molecule has 0 heterocycles. The van der Waals surface area contributed by atoms with Crippen LogP contribution in [-0.2, 0) is 0 Å². The molecule has 1 N–H and O–H groups in total. The molecule has 0 bridgehead atoms. The van der Waals surface area contributed by atoms with Gasteiger partial charge in [0.05, 0.1) is 5.70 Å². The van der Waals surface area contributed by atoms with Crippen LogP contribution in [0.5, 0.6) is 0 Å². The van der Waals surface area contributed by atoms with Crippen LogP contribution in [0.2, 0.25) is 0 Å². The molecule has 0 aromatic rings. The van der Waals surface area contributed by atoms with E-state index in [9.17, 15) is 0 Å². The van der Waals surface area contributed by atoms with Crippen molar-refractivity contribution < 1.29 is 0 Å². The van der Waals surface area contributed by atoms with Gasteiger partial charge in [0.2, 0.25) is 0 Å². The maximum absolute atomic E-state index is 7.04. The Morgan fingerprint density at radius 1 is 1.27 bits per heavy atom. The van der Waals surface area contributed by atoms with Gasteiger partial charge < -0.3 is 4.90 Å². The molecule has 0 saturated carbocycles. The van der Waals surface area contributed by atoms with Gasteiger partial charge in [-0.3, -0.25) is 0 Å². The zero-order valence-corrected chi connectivity index (χ0v) is 11.2. The van der Waals surface area contributed by atoms with Gasteiger partial charge in [0.15, 0.2) is 0 Å². The highest BCUT2D eigenvalue weighted by Crippen LogP contribution is 2.34. The molecule has 0 aromatic carbocycles. The average Bonchev–Trinajstić information content (AvgIpc) is 2.11. The molecule has 3 nitrogen and oxygen atoms in total. The topological polar surface area (TPSA) is 39.5 Å². The molecular formula is C12H25N3. The van der Waals surface area contributed by atoms with Crippen molar-refractivity contribution in [1.82, 2.24) is 4.90 Å². The Hall–Kier alpha value is -0.860. The molecule has 0 atom stereocenters. The standard InChI is InChI=1S/C12H25N3/c1-8-10(14-13)9-15(7)12(5,6)11(2,3)4/h9,13H,8H2,1-7H3/b10-9-,14-13?. The second kappa shape index (κ2) is 4.77. The molecule has 3 heteroatoms. The summed E-state index contributed by atoms with van der Waals surface area (Å²) in [4.78, 5) is 2.16. The van der Waals surface area contributed by atoms with Gasteiger partial charge in [0.25, 0.3) is 0 Å². The van der Waals surface area contributed by atoms with Gasteiger partial charge in [-0.1, -0.05) is 27.7 Å². The molecule has 0 aliphatic carbocycles. The molecule has 0 rings (SSSR count). The summed E-state index contributed by atoms with van der Waals surface area (Å²) >= 11 is 0. The fraction of sp³-hybridized carbons (Fsp3) is 0.833. The van der Waals surface area contributed by atoms with Crippen LogP contribution in [-0.4, -0.2) is 17.5 Å². The SMILES string of the molecule is CC/C(=C/N(C)C(C)(C)C(C)(C)C)N=N. The number of nitrogens with one attached hydrogen (secondary N) is 1. The lowest BCUT2D eigenvalue weighted by Gasteiger charge is -2.45. The molecule has 0 saturated heterocycles. The van der Waals surface area contributed by atoms with E-state index in [0.717, 1.165) is 12.1 Å². The summed E-state index contributed by atoms with van der Waals surface area (Å²) in [5.74, 6) is 0. The van der Waals surface area contributed by atoms with Crippen LogP contribution in [0.4, 0.5) is 0 Å². The summed E-state index contributed by atoms with van der Waals surface area (Å²) in [6, 6.07) is 0. The van der Waals surface area contributed by atoms with E-state index in [1.54, 1.807) is 0 Å². The van der Waals surface area contributed by atoms with E-state index in [2.05, 4.69) is 44.6 Å². The first-order valence-corrected chi connectivity index (χ1v) is 5.48. The predicted molar refractivity (Wildman–Crippen MR) is 64.8 cm³/mol. The largest absolute Gasteiger partial charge is 0.373 e. The Kier molecular flexibility index (Phi) is 4.50. The van der Waals surface area contributed by atoms with E-state index in [4.69, 9.17) is 5.53 Å². The fourth-order valence-corrected chi connectivity index (χ4v) is 1.11. The molecular weight excluding hydrogens is 186 g/mol. The summed E-state index contributed by atoms with van der Waals surface area (Å²) in [6.45, 7) is 13.1. The maximum atomic E-state index is 7.04. The van der Waals surface area contributed by atoms with E-state index in [1.165, 1.54) is 0 Å². The van der Waals surface area contributed by atoms with Gasteiger partial charge in [0, 0.05) is 18.8 Å². The lowest BCUT2D eigenvalue weighted by Crippen LogP contribution is -2.48. The number of hydrogen-bond acceptors (Lipinski definition) is 3. The van der Waals surface area contributed by atoms with Crippen LogP contribution in [0.25, 0.3) is 0 Å². The molecule has 15 heavy (non-hydrogen) atoms. The molecule has 0 spiro atoms. The van der Waals surface area contributed by atoms with Gasteiger partial charge in [-0.2, -0.15) is 5.11 Å². The summed E-state index contributed by atoms with van der Waals surface area (Å²) in [7, 11) is 2.05. The van der Waals surface area contributed by atoms with Crippen LogP contribution in [0.15, 0.2) is 17.0 Å². The maximum Gasteiger partial charge on any atom is 0.0779 e. The van der Waals surface area contributed by atoms with Crippen molar-refractivity contribution in [2.45, 2.75) is 53.5 Å². The third-order valence-electron chi connectivity index (χ3n) is 3.57.